The van der Waals surface area contributed by atoms with Crippen LogP contribution in [0.1, 0.15) is 22.3 Å². The number of carbonyl (C=O) groups is 1. The molecule has 0 amide bonds. The Morgan fingerprint density at radius 2 is 2.06 bits per heavy atom. The molecule has 0 spiro atoms. The lowest BCUT2D eigenvalue weighted by atomic mass is 9.99. The van der Waals surface area contributed by atoms with Crippen LogP contribution < -0.4 is 4.74 Å². The number of aryl methyl sites for hydroxylation is 2. The molecule has 0 unspecified atom stereocenters. The lowest BCUT2D eigenvalue weighted by Gasteiger charge is -2.13. The number of nitrogens with zero attached hydrogens (tertiary/aromatic N) is 1. The van der Waals surface area contributed by atoms with Crippen LogP contribution in [0.4, 0.5) is 0 Å². The monoisotopic (exact) mass is 219 g/mol. The van der Waals surface area contributed by atoms with Crippen LogP contribution in [-0.4, -0.2) is 17.7 Å². The normalized spacial score (nSPS) is 9.62. The van der Waals surface area contributed by atoms with Crippen molar-refractivity contribution in [2.75, 3.05) is 6.61 Å². The highest BCUT2D eigenvalue weighted by atomic mass is 16.5. The summed E-state index contributed by atoms with van der Waals surface area (Å²) in [6.45, 7) is 5.04. The predicted molar refractivity (Wildman–Crippen MR) is 58.5 cm³/mol. The average Bonchev–Trinajstić information content (AvgIpc) is 2.16. The van der Waals surface area contributed by atoms with Crippen LogP contribution in [0.5, 0.6) is 5.75 Å². The molecule has 1 rings (SSSR count). The molecule has 1 N–H and O–H groups in total. The van der Waals surface area contributed by atoms with Gasteiger partial charge in [-0.25, -0.2) is 4.79 Å². The van der Waals surface area contributed by atoms with Crippen LogP contribution in [0, 0.1) is 32.1 Å². The van der Waals surface area contributed by atoms with Gasteiger partial charge in [0, 0.05) is 5.56 Å². The van der Waals surface area contributed by atoms with E-state index in [-0.39, 0.29) is 0 Å². The Morgan fingerprint density at radius 3 is 2.56 bits per heavy atom. The van der Waals surface area contributed by atoms with Gasteiger partial charge >= 0.3 is 5.97 Å². The van der Waals surface area contributed by atoms with Crippen LogP contribution in [0.3, 0.4) is 0 Å². The van der Waals surface area contributed by atoms with Crippen molar-refractivity contribution in [3.05, 3.63) is 28.3 Å². The molecule has 0 fully saturated rings. The quantitative estimate of drug-likeness (QED) is 0.843. The first-order chi connectivity index (χ1) is 7.47. The van der Waals surface area contributed by atoms with E-state index in [4.69, 9.17) is 15.1 Å². The molecule has 1 aromatic rings. The van der Waals surface area contributed by atoms with Gasteiger partial charge < -0.3 is 9.84 Å². The first-order valence-electron chi connectivity index (χ1n) is 4.83. The summed E-state index contributed by atoms with van der Waals surface area (Å²) in [6.07, 6.45) is 0. The van der Waals surface area contributed by atoms with Gasteiger partial charge in [0.25, 0.3) is 0 Å². The third-order valence-electron chi connectivity index (χ3n) is 2.35. The van der Waals surface area contributed by atoms with Crippen molar-refractivity contribution in [2.24, 2.45) is 0 Å². The topological polar surface area (TPSA) is 70.3 Å². The van der Waals surface area contributed by atoms with E-state index in [1.807, 2.05) is 19.9 Å². The Labute approximate surface area is 94.1 Å². The zero-order chi connectivity index (χ0) is 12.3. The highest BCUT2D eigenvalue weighted by molar-refractivity contribution is 5.69. The second kappa shape index (κ2) is 4.67. The summed E-state index contributed by atoms with van der Waals surface area (Å²) in [5, 5.41) is 17.5. The molecule has 16 heavy (non-hydrogen) atoms. The first kappa shape index (κ1) is 12.1. The number of carboxylic acid groups (broad SMARTS) is 1. The number of nitriles is 1. The maximum absolute atomic E-state index is 10.4. The molecule has 0 radical (unpaired) electrons. The molecule has 0 saturated carbocycles. The summed E-state index contributed by atoms with van der Waals surface area (Å²) in [6, 6.07) is 3.91. The third-order valence-corrected chi connectivity index (χ3v) is 2.35. The van der Waals surface area contributed by atoms with Gasteiger partial charge in [-0.15, -0.1) is 0 Å². The highest BCUT2D eigenvalue weighted by Gasteiger charge is 2.12. The molecular weight excluding hydrogens is 206 g/mol. The average molecular weight is 219 g/mol. The molecule has 0 aliphatic heterocycles. The van der Waals surface area contributed by atoms with Crippen LogP contribution in [0.2, 0.25) is 0 Å². The van der Waals surface area contributed by atoms with Gasteiger partial charge in [0.15, 0.2) is 6.61 Å². The minimum absolute atomic E-state index is 0.393. The Hall–Kier alpha value is -2.02. The molecule has 0 aromatic heterocycles. The molecule has 4 heteroatoms. The maximum Gasteiger partial charge on any atom is 0.341 e. The number of aliphatic carboxylic acids is 1. The lowest BCUT2D eigenvalue weighted by molar-refractivity contribution is -0.139. The molecule has 1 aromatic carbocycles. The van der Waals surface area contributed by atoms with Gasteiger partial charge in [0.1, 0.15) is 5.75 Å². The SMILES string of the molecule is Cc1cc(C)c(OCC(=O)O)c(C)c1C#N. The summed E-state index contributed by atoms with van der Waals surface area (Å²) in [7, 11) is 0. The molecule has 0 atom stereocenters. The fourth-order valence-electron chi connectivity index (χ4n) is 1.70. The first-order valence-corrected chi connectivity index (χ1v) is 4.83. The maximum atomic E-state index is 10.4. The lowest BCUT2D eigenvalue weighted by Crippen LogP contribution is -2.11. The van der Waals surface area contributed by atoms with Crippen molar-refractivity contribution < 1.29 is 14.6 Å². The van der Waals surface area contributed by atoms with Crippen molar-refractivity contribution in [2.45, 2.75) is 20.8 Å². The largest absolute Gasteiger partial charge is 0.481 e. The number of rotatable bonds is 3. The van der Waals surface area contributed by atoms with E-state index in [2.05, 4.69) is 6.07 Å². The Morgan fingerprint density at radius 1 is 1.44 bits per heavy atom. The van der Waals surface area contributed by atoms with Gasteiger partial charge in [0.05, 0.1) is 11.6 Å². The Balaban J connectivity index is 3.19. The molecule has 0 aliphatic rings. The number of hydrogen-bond donors (Lipinski definition) is 1. The van der Waals surface area contributed by atoms with E-state index in [0.29, 0.717) is 16.9 Å². The molecule has 0 saturated heterocycles. The van der Waals surface area contributed by atoms with Crippen molar-refractivity contribution in [3.63, 3.8) is 0 Å². The number of hydrogen-bond acceptors (Lipinski definition) is 3. The van der Waals surface area contributed by atoms with Gasteiger partial charge in [-0.3, -0.25) is 0 Å². The summed E-state index contributed by atoms with van der Waals surface area (Å²) < 4.78 is 5.18. The van der Waals surface area contributed by atoms with Gasteiger partial charge in [0.2, 0.25) is 0 Å². The second-order valence-corrected chi connectivity index (χ2v) is 3.63. The van der Waals surface area contributed by atoms with Crippen LogP contribution in [-0.2, 0) is 4.79 Å². The van der Waals surface area contributed by atoms with E-state index in [1.54, 1.807) is 6.92 Å². The second-order valence-electron chi connectivity index (χ2n) is 3.63. The molecule has 0 bridgehead atoms. The fourth-order valence-corrected chi connectivity index (χ4v) is 1.70. The summed E-state index contributed by atoms with van der Waals surface area (Å²) >= 11 is 0. The van der Waals surface area contributed by atoms with E-state index in [1.165, 1.54) is 0 Å². The molecule has 0 aliphatic carbocycles. The fraction of sp³-hybridized carbons (Fsp3) is 0.333. The van der Waals surface area contributed by atoms with Crippen molar-refractivity contribution in [1.29, 1.82) is 5.26 Å². The molecule has 84 valence electrons. The minimum atomic E-state index is -1.03. The highest BCUT2D eigenvalue weighted by Crippen LogP contribution is 2.28. The standard InChI is InChI=1S/C12H13NO3/c1-7-4-8(2)12(16-6-11(14)15)9(3)10(7)5-13/h4H,6H2,1-3H3,(H,14,15). The zero-order valence-corrected chi connectivity index (χ0v) is 9.50. The summed E-state index contributed by atoms with van der Waals surface area (Å²) in [4.78, 5) is 10.4. The van der Waals surface area contributed by atoms with Crippen molar-refractivity contribution in [1.82, 2.24) is 0 Å². The van der Waals surface area contributed by atoms with Crippen LogP contribution >= 0.6 is 0 Å². The molecule has 0 heterocycles. The number of benzene rings is 1. The van der Waals surface area contributed by atoms with E-state index < -0.39 is 12.6 Å². The van der Waals surface area contributed by atoms with E-state index in [9.17, 15) is 4.79 Å². The van der Waals surface area contributed by atoms with Gasteiger partial charge in [-0.05, 0) is 31.9 Å². The Kier molecular flexibility index (Phi) is 3.51. The summed E-state index contributed by atoms with van der Waals surface area (Å²) in [5.74, 6) is -0.539. The third kappa shape index (κ3) is 2.31. The Bertz CT molecular complexity index is 472. The number of ether oxygens (including phenoxy) is 1. The van der Waals surface area contributed by atoms with E-state index >= 15 is 0 Å². The van der Waals surface area contributed by atoms with E-state index in [0.717, 1.165) is 11.1 Å². The van der Waals surface area contributed by atoms with Gasteiger partial charge in [-0.2, -0.15) is 5.26 Å². The number of carboxylic acids is 1. The molecule has 4 nitrogen and oxygen atoms in total. The smallest absolute Gasteiger partial charge is 0.341 e. The van der Waals surface area contributed by atoms with Crippen LogP contribution in [0.25, 0.3) is 0 Å². The van der Waals surface area contributed by atoms with Crippen LogP contribution in [0.15, 0.2) is 6.07 Å². The summed E-state index contributed by atoms with van der Waals surface area (Å²) in [5.41, 5.74) is 2.96. The van der Waals surface area contributed by atoms with Crippen molar-refractivity contribution in [3.8, 4) is 11.8 Å². The molecular formula is C12H13NO3. The van der Waals surface area contributed by atoms with Crippen molar-refractivity contribution >= 4 is 5.97 Å². The minimum Gasteiger partial charge on any atom is -0.481 e. The predicted octanol–water partition coefficient (Wildman–Crippen LogP) is 1.95. The zero-order valence-electron chi connectivity index (χ0n) is 9.50. The van der Waals surface area contributed by atoms with Gasteiger partial charge in [-0.1, -0.05) is 6.07 Å².